The van der Waals surface area contributed by atoms with Crippen molar-refractivity contribution in [2.45, 2.75) is 18.4 Å². The van der Waals surface area contributed by atoms with Gasteiger partial charge in [0.15, 0.2) is 11.5 Å². The number of rotatable bonds is 3. The number of amides is 1. The molecule has 0 saturated carbocycles. The minimum absolute atomic E-state index is 0.0900. The summed E-state index contributed by atoms with van der Waals surface area (Å²) in [6.07, 6.45) is 0. The highest BCUT2D eigenvalue weighted by atomic mass is 32.2. The summed E-state index contributed by atoms with van der Waals surface area (Å²) in [6, 6.07) is 3.81. The van der Waals surface area contributed by atoms with E-state index in [1.165, 1.54) is 11.8 Å². The smallest absolute Gasteiger partial charge is 0.286 e. The van der Waals surface area contributed by atoms with Crippen LogP contribution in [-0.2, 0) is 6.54 Å². The van der Waals surface area contributed by atoms with Crippen molar-refractivity contribution in [1.29, 1.82) is 0 Å². The molecule has 0 spiro atoms. The van der Waals surface area contributed by atoms with Gasteiger partial charge in [0.25, 0.3) is 5.24 Å². The normalized spacial score (nSPS) is 14.5. The van der Waals surface area contributed by atoms with Gasteiger partial charge in [-0.3, -0.25) is 4.79 Å². The molecule has 0 N–H and O–H groups in total. The van der Waals surface area contributed by atoms with E-state index >= 15 is 0 Å². The van der Waals surface area contributed by atoms with Crippen LogP contribution in [-0.4, -0.2) is 30.9 Å². The Balaban J connectivity index is 2.41. The SMILES string of the molecule is CCN1Cc2cc(OC)c(OC)cc2SC1=O. The first-order chi connectivity index (χ1) is 8.19. The fraction of sp³-hybridized carbons (Fsp3) is 0.417. The fourth-order valence-electron chi connectivity index (χ4n) is 1.79. The minimum atomic E-state index is 0.0900. The summed E-state index contributed by atoms with van der Waals surface area (Å²) in [5.74, 6) is 1.37. The highest BCUT2D eigenvalue weighted by molar-refractivity contribution is 8.13. The molecule has 1 heterocycles. The molecule has 0 saturated heterocycles. The van der Waals surface area contributed by atoms with Crippen LogP contribution >= 0.6 is 11.8 Å². The molecule has 0 aromatic heterocycles. The van der Waals surface area contributed by atoms with E-state index in [4.69, 9.17) is 9.47 Å². The molecule has 0 bridgehead atoms. The second-order valence-electron chi connectivity index (χ2n) is 3.70. The van der Waals surface area contributed by atoms with Crippen LogP contribution < -0.4 is 9.47 Å². The third-order valence-corrected chi connectivity index (χ3v) is 3.80. The molecule has 1 aliphatic rings. The number of benzene rings is 1. The molecule has 0 radical (unpaired) electrons. The number of methoxy groups -OCH3 is 2. The van der Waals surface area contributed by atoms with E-state index in [1.807, 2.05) is 19.1 Å². The first-order valence-electron chi connectivity index (χ1n) is 5.41. The van der Waals surface area contributed by atoms with E-state index < -0.39 is 0 Å². The van der Waals surface area contributed by atoms with Crippen LogP contribution in [0.25, 0.3) is 0 Å². The quantitative estimate of drug-likeness (QED) is 0.830. The predicted octanol–water partition coefficient (Wildman–Crippen LogP) is 2.75. The molecule has 2 rings (SSSR count). The average molecular weight is 253 g/mol. The van der Waals surface area contributed by atoms with Gasteiger partial charge in [0.1, 0.15) is 0 Å². The average Bonchev–Trinajstić information content (AvgIpc) is 2.36. The Kier molecular flexibility index (Phi) is 3.47. The van der Waals surface area contributed by atoms with Crippen molar-refractivity contribution in [3.63, 3.8) is 0 Å². The Labute approximate surface area is 105 Å². The van der Waals surface area contributed by atoms with E-state index in [0.717, 1.165) is 17.0 Å². The molecule has 0 atom stereocenters. The van der Waals surface area contributed by atoms with Gasteiger partial charge in [0.2, 0.25) is 0 Å². The van der Waals surface area contributed by atoms with Crippen molar-refractivity contribution >= 4 is 17.0 Å². The van der Waals surface area contributed by atoms with Gasteiger partial charge < -0.3 is 14.4 Å². The van der Waals surface area contributed by atoms with Crippen molar-refractivity contribution < 1.29 is 14.3 Å². The second kappa shape index (κ2) is 4.87. The largest absolute Gasteiger partial charge is 0.493 e. The van der Waals surface area contributed by atoms with Gasteiger partial charge in [-0.15, -0.1) is 0 Å². The fourth-order valence-corrected chi connectivity index (χ4v) is 2.72. The third-order valence-electron chi connectivity index (χ3n) is 2.77. The standard InChI is InChI=1S/C12H15NO3S/c1-4-13-7-8-5-9(15-2)10(16-3)6-11(8)17-12(13)14/h5-6H,4,7H2,1-3H3. The van der Waals surface area contributed by atoms with Gasteiger partial charge in [0, 0.05) is 18.0 Å². The van der Waals surface area contributed by atoms with Crippen LogP contribution in [0.4, 0.5) is 4.79 Å². The van der Waals surface area contributed by atoms with Gasteiger partial charge in [-0.2, -0.15) is 0 Å². The predicted molar refractivity (Wildman–Crippen MR) is 66.9 cm³/mol. The number of carbonyl (C=O) groups excluding carboxylic acids is 1. The number of hydrogen-bond acceptors (Lipinski definition) is 4. The van der Waals surface area contributed by atoms with Crippen molar-refractivity contribution in [3.05, 3.63) is 17.7 Å². The Morgan fingerprint density at radius 3 is 2.53 bits per heavy atom. The van der Waals surface area contributed by atoms with E-state index in [-0.39, 0.29) is 5.24 Å². The lowest BCUT2D eigenvalue weighted by Gasteiger charge is -2.27. The summed E-state index contributed by atoms with van der Waals surface area (Å²) in [5.41, 5.74) is 1.11. The van der Waals surface area contributed by atoms with E-state index in [2.05, 4.69) is 0 Å². The summed E-state index contributed by atoms with van der Waals surface area (Å²) in [4.78, 5) is 14.5. The van der Waals surface area contributed by atoms with Crippen molar-refractivity contribution in [3.8, 4) is 11.5 Å². The van der Waals surface area contributed by atoms with Gasteiger partial charge in [-0.25, -0.2) is 0 Å². The Hall–Kier alpha value is -1.36. The van der Waals surface area contributed by atoms with Gasteiger partial charge in [-0.1, -0.05) is 0 Å². The van der Waals surface area contributed by atoms with E-state index in [0.29, 0.717) is 18.0 Å². The van der Waals surface area contributed by atoms with Crippen LogP contribution in [0.3, 0.4) is 0 Å². The maximum atomic E-state index is 11.8. The van der Waals surface area contributed by atoms with Crippen molar-refractivity contribution in [2.75, 3.05) is 20.8 Å². The summed E-state index contributed by atoms with van der Waals surface area (Å²) in [7, 11) is 3.21. The molecular formula is C12H15NO3S. The molecule has 1 aromatic rings. The maximum Gasteiger partial charge on any atom is 0.286 e. The van der Waals surface area contributed by atoms with Crippen molar-refractivity contribution in [1.82, 2.24) is 4.90 Å². The first kappa shape index (κ1) is 12.1. The third kappa shape index (κ3) is 2.20. The molecule has 92 valence electrons. The topological polar surface area (TPSA) is 38.8 Å². The molecule has 1 aromatic carbocycles. The molecule has 1 aliphatic heterocycles. The molecule has 4 nitrogen and oxygen atoms in total. The van der Waals surface area contributed by atoms with Gasteiger partial charge in [-0.05, 0) is 36.4 Å². The van der Waals surface area contributed by atoms with Crippen LogP contribution in [0.15, 0.2) is 17.0 Å². The Morgan fingerprint density at radius 2 is 1.94 bits per heavy atom. The number of carbonyl (C=O) groups is 1. The zero-order valence-electron chi connectivity index (χ0n) is 10.1. The van der Waals surface area contributed by atoms with Crippen LogP contribution in [0.5, 0.6) is 11.5 Å². The monoisotopic (exact) mass is 253 g/mol. The summed E-state index contributed by atoms with van der Waals surface area (Å²) in [5, 5.41) is 0.0900. The Morgan fingerprint density at radius 1 is 1.29 bits per heavy atom. The zero-order valence-corrected chi connectivity index (χ0v) is 11.0. The summed E-state index contributed by atoms with van der Waals surface area (Å²) >= 11 is 1.24. The number of thioether (sulfide) groups is 1. The number of fused-ring (bicyclic) bond motifs is 1. The van der Waals surface area contributed by atoms with Gasteiger partial charge in [0.05, 0.1) is 14.2 Å². The molecular weight excluding hydrogens is 238 g/mol. The van der Waals surface area contributed by atoms with Crippen LogP contribution in [0.2, 0.25) is 0 Å². The molecule has 0 fully saturated rings. The Bertz CT molecular complexity index is 448. The molecule has 0 aliphatic carbocycles. The number of nitrogens with zero attached hydrogens (tertiary/aromatic N) is 1. The minimum Gasteiger partial charge on any atom is -0.493 e. The summed E-state index contributed by atoms with van der Waals surface area (Å²) < 4.78 is 10.5. The van der Waals surface area contributed by atoms with Crippen LogP contribution in [0, 0.1) is 0 Å². The van der Waals surface area contributed by atoms with Gasteiger partial charge >= 0.3 is 0 Å². The lowest BCUT2D eigenvalue weighted by molar-refractivity contribution is 0.221. The molecule has 0 unspecified atom stereocenters. The summed E-state index contributed by atoms with van der Waals surface area (Å²) in [6.45, 7) is 3.34. The number of hydrogen-bond donors (Lipinski definition) is 0. The first-order valence-corrected chi connectivity index (χ1v) is 6.23. The van der Waals surface area contributed by atoms with E-state index in [9.17, 15) is 4.79 Å². The lowest BCUT2D eigenvalue weighted by atomic mass is 10.2. The lowest BCUT2D eigenvalue weighted by Crippen LogP contribution is -2.30. The van der Waals surface area contributed by atoms with Crippen molar-refractivity contribution in [2.24, 2.45) is 0 Å². The van der Waals surface area contributed by atoms with Crippen LogP contribution in [0.1, 0.15) is 12.5 Å². The molecule has 17 heavy (non-hydrogen) atoms. The second-order valence-corrected chi connectivity index (χ2v) is 4.69. The van der Waals surface area contributed by atoms with E-state index in [1.54, 1.807) is 19.1 Å². The molecule has 1 amide bonds. The number of ether oxygens (including phenoxy) is 2. The highest BCUT2D eigenvalue weighted by Gasteiger charge is 2.24. The highest BCUT2D eigenvalue weighted by Crippen LogP contribution is 2.39. The molecule has 5 heteroatoms. The zero-order chi connectivity index (χ0) is 12.4. The maximum absolute atomic E-state index is 11.8.